The maximum Gasteiger partial charge on any atom is 0.131 e. The molecule has 0 radical (unpaired) electrons. The number of imidazole rings is 1. The zero-order chi connectivity index (χ0) is 12.7. The molecule has 0 unspecified atom stereocenters. The number of aromatic nitrogens is 4. The van der Waals surface area contributed by atoms with Crippen LogP contribution < -0.4 is 5.73 Å². The summed E-state index contributed by atoms with van der Waals surface area (Å²) in [5.74, 6) is 2.05. The Morgan fingerprint density at radius 1 is 1.29 bits per heavy atom. The Morgan fingerprint density at radius 3 is 2.35 bits per heavy atom. The second-order valence-corrected chi connectivity index (χ2v) is 4.68. The lowest BCUT2D eigenvalue weighted by atomic mass is 10.2. The number of nitrogens with zero attached hydrogens (tertiary/aromatic N) is 4. The number of nitrogen functional groups attached to an aromatic ring is 1. The lowest BCUT2D eigenvalue weighted by molar-refractivity contribution is 0.715. The van der Waals surface area contributed by atoms with Crippen LogP contribution in [-0.4, -0.2) is 19.3 Å². The Balaban J connectivity index is 2.61. The SMILES string of the molecule is Cc1c(-c2nc(C(C)C)n(C)c2N)cnn1C. The van der Waals surface area contributed by atoms with Gasteiger partial charge in [-0.15, -0.1) is 0 Å². The van der Waals surface area contributed by atoms with Crippen LogP contribution in [0.15, 0.2) is 6.20 Å². The number of rotatable bonds is 2. The minimum Gasteiger partial charge on any atom is -0.383 e. The molecule has 0 aromatic carbocycles. The Morgan fingerprint density at radius 2 is 1.94 bits per heavy atom. The van der Waals surface area contributed by atoms with Crippen molar-refractivity contribution < 1.29 is 0 Å². The van der Waals surface area contributed by atoms with Crippen molar-refractivity contribution in [3.8, 4) is 11.3 Å². The molecule has 0 saturated heterocycles. The smallest absolute Gasteiger partial charge is 0.131 e. The predicted octanol–water partition coefficient (Wildman–Crippen LogP) is 1.83. The van der Waals surface area contributed by atoms with Gasteiger partial charge in [0.05, 0.1) is 6.20 Å². The molecule has 5 nitrogen and oxygen atoms in total. The zero-order valence-corrected chi connectivity index (χ0v) is 11.0. The van der Waals surface area contributed by atoms with Crippen molar-refractivity contribution in [1.29, 1.82) is 0 Å². The fourth-order valence-electron chi connectivity index (χ4n) is 1.97. The predicted molar refractivity (Wildman–Crippen MR) is 68.6 cm³/mol. The normalized spacial score (nSPS) is 11.4. The maximum atomic E-state index is 6.11. The summed E-state index contributed by atoms with van der Waals surface area (Å²) >= 11 is 0. The largest absolute Gasteiger partial charge is 0.383 e. The van der Waals surface area contributed by atoms with E-state index in [-0.39, 0.29) is 0 Å². The molecule has 0 aliphatic heterocycles. The Bertz CT molecular complexity index is 547. The van der Waals surface area contributed by atoms with E-state index in [0.717, 1.165) is 22.8 Å². The van der Waals surface area contributed by atoms with Gasteiger partial charge in [0.15, 0.2) is 0 Å². The van der Waals surface area contributed by atoms with Gasteiger partial charge in [0.1, 0.15) is 17.3 Å². The third-order valence-electron chi connectivity index (χ3n) is 3.18. The fourth-order valence-corrected chi connectivity index (χ4v) is 1.97. The van der Waals surface area contributed by atoms with Crippen LogP contribution in [0.1, 0.15) is 31.3 Å². The topological polar surface area (TPSA) is 61.7 Å². The maximum absolute atomic E-state index is 6.11. The number of nitrogens with two attached hydrogens (primary N) is 1. The average molecular weight is 233 g/mol. The first-order valence-electron chi connectivity index (χ1n) is 5.74. The van der Waals surface area contributed by atoms with Crippen molar-refractivity contribution in [3.63, 3.8) is 0 Å². The van der Waals surface area contributed by atoms with Crippen LogP contribution in [0.4, 0.5) is 5.82 Å². The standard InChI is InChI=1S/C12H19N5/c1-7(2)12-15-10(11(13)16(12)4)9-6-14-17(5)8(9)3/h6-7H,13H2,1-5H3. The minimum absolute atomic E-state index is 0.355. The van der Waals surface area contributed by atoms with Crippen LogP contribution in [0.5, 0.6) is 0 Å². The molecule has 0 amide bonds. The van der Waals surface area contributed by atoms with Gasteiger partial charge in [0.25, 0.3) is 0 Å². The van der Waals surface area contributed by atoms with E-state index < -0.39 is 0 Å². The highest BCUT2D eigenvalue weighted by molar-refractivity contribution is 5.72. The van der Waals surface area contributed by atoms with Crippen molar-refractivity contribution in [2.75, 3.05) is 5.73 Å². The van der Waals surface area contributed by atoms with Crippen molar-refractivity contribution >= 4 is 5.82 Å². The van der Waals surface area contributed by atoms with Crippen molar-refractivity contribution in [3.05, 3.63) is 17.7 Å². The van der Waals surface area contributed by atoms with Gasteiger partial charge in [-0.2, -0.15) is 5.10 Å². The van der Waals surface area contributed by atoms with E-state index in [4.69, 9.17) is 5.73 Å². The van der Waals surface area contributed by atoms with Gasteiger partial charge in [-0.1, -0.05) is 13.8 Å². The number of aryl methyl sites for hydroxylation is 1. The Kier molecular flexibility index (Phi) is 2.69. The van der Waals surface area contributed by atoms with E-state index in [0.29, 0.717) is 11.7 Å². The molecule has 0 aliphatic rings. The molecule has 17 heavy (non-hydrogen) atoms. The first-order chi connectivity index (χ1) is 7.93. The molecule has 0 fully saturated rings. The summed E-state index contributed by atoms with van der Waals surface area (Å²) in [6.45, 7) is 6.24. The third-order valence-corrected chi connectivity index (χ3v) is 3.18. The Hall–Kier alpha value is -1.78. The highest BCUT2D eigenvalue weighted by atomic mass is 15.3. The molecule has 0 atom stereocenters. The molecular formula is C12H19N5. The highest BCUT2D eigenvalue weighted by Gasteiger charge is 2.18. The molecular weight excluding hydrogens is 214 g/mol. The van der Waals surface area contributed by atoms with Gasteiger partial charge in [-0.25, -0.2) is 4.98 Å². The summed E-state index contributed by atoms with van der Waals surface area (Å²) in [4.78, 5) is 4.64. The minimum atomic E-state index is 0.355. The van der Waals surface area contributed by atoms with Crippen LogP contribution in [-0.2, 0) is 14.1 Å². The average Bonchev–Trinajstić information content (AvgIpc) is 2.73. The molecule has 2 heterocycles. The number of hydrogen-bond donors (Lipinski definition) is 1. The summed E-state index contributed by atoms with van der Waals surface area (Å²) in [5, 5.41) is 4.23. The van der Waals surface area contributed by atoms with E-state index in [2.05, 4.69) is 23.9 Å². The van der Waals surface area contributed by atoms with Crippen LogP contribution in [0.2, 0.25) is 0 Å². The molecule has 92 valence electrons. The number of anilines is 1. The second kappa shape index (κ2) is 3.91. The van der Waals surface area contributed by atoms with Gasteiger partial charge < -0.3 is 10.3 Å². The molecule has 0 aliphatic carbocycles. The van der Waals surface area contributed by atoms with Gasteiger partial charge in [-0.05, 0) is 6.92 Å². The molecule has 2 N–H and O–H groups in total. The lowest BCUT2D eigenvalue weighted by Gasteiger charge is -2.04. The van der Waals surface area contributed by atoms with Crippen molar-refractivity contribution in [2.24, 2.45) is 14.1 Å². The second-order valence-electron chi connectivity index (χ2n) is 4.68. The van der Waals surface area contributed by atoms with E-state index in [9.17, 15) is 0 Å². The quantitative estimate of drug-likeness (QED) is 0.860. The highest BCUT2D eigenvalue weighted by Crippen LogP contribution is 2.30. The first kappa shape index (κ1) is 11.7. The molecule has 2 aromatic heterocycles. The fraction of sp³-hybridized carbons (Fsp3) is 0.500. The van der Waals surface area contributed by atoms with Crippen molar-refractivity contribution in [1.82, 2.24) is 19.3 Å². The summed E-state index contributed by atoms with van der Waals surface area (Å²) in [5.41, 5.74) is 9.03. The lowest BCUT2D eigenvalue weighted by Crippen LogP contribution is -2.02. The van der Waals surface area contributed by atoms with E-state index in [1.807, 2.05) is 36.5 Å². The third kappa shape index (κ3) is 1.71. The zero-order valence-electron chi connectivity index (χ0n) is 11.0. The van der Waals surface area contributed by atoms with E-state index >= 15 is 0 Å². The van der Waals surface area contributed by atoms with Gasteiger partial charge >= 0.3 is 0 Å². The van der Waals surface area contributed by atoms with Crippen LogP contribution in [0, 0.1) is 6.92 Å². The van der Waals surface area contributed by atoms with E-state index in [1.54, 1.807) is 0 Å². The van der Waals surface area contributed by atoms with Gasteiger partial charge in [0, 0.05) is 31.3 Å². The number of hydrogen-bond acceptors (Lipinski definition) is 3. The molecule has 2 aromatic rings. The van der Waals surface area contributed by atoms with Crippen LogP contribution in [0.25, 0.3) is 11.3 Å². The first-order valence-corrected chi connectivity index (χ1v) is 5.74. The van der Waals surface area contributed by atoms with Crippen molar-refractivity contribution in [2.45, 2.75) is 26.7 Å². The van der Waals surface area contributed by atoms with Gasteiger partial charge in [0.2, 0.25) is 0 Å². The molecule has 0 saturated carbocycles. The summed E-state index contributed by atoms with van der Waals surface area (Å²) in [6.07, 6.45) is 1.82. The van der Waals surface area contributed by atoms with Gasteiger partial charge in [-0.3, -0.25) is 4.68 Å². The monoisotopic (exact) mass is 233 g/mol. The molecule has 0 bridgehead atoms. The molecule has 5 heteroatoms. The summed E-state index contributed by atoms with van der Waals surface area (Å²) in [7, 11) is 3.87. The Labute approximate surface area is 101 Å². The van der Waals surface area contributed by atoms with Crippen LogP contribution in [0.3, 0.4) is 0 Å². The van der Waals surface area contributed by atoms with E-state index in [1.165, 1.54) is 0 Å². The molecule has 0 spiro atoms. The van der Waals surface area contributed by atoms with Crippen LogP contribution >= 0.6 is 0 Å². The summed E-state index contributed by atoms with van der Waals surface area (Å²) in [6, 6.07) is 0. The molecule has 2 rings (SSSR count). The summed E-state index contributed by atoms with van der Waals surface area (Å²) < 4.78 is 3.78.